The van der Waals surface area contributed by atoms with Crippen LogP contribution in [0.2, 0.25) is 0 Å². The highest BCUT2D eigenvalue weighted by Gasteiger charge is 2.16. The van der Waals surface area contributed by atoms with Crippen LogP contribution in [0.25, 0.3) is 0 Å². The van der Waals surface area contributed by atoms with Crippen LogP contribution in [-0.4, -0.2) is 22.2 Å². The minimum atomic E-state index is -0.620. The molecular weight excluding hydrogens is 188 g/mol. The quantitative estimate of drug-likeness (QED) is 0.773. The molecule has 0 bridgehead atoms. The molecule has 0 saturated carbocycles. The van der Waals surface area contributed by atoms with Crippen molar-refractivity contribution in [2.45, 2.75) is 39.3 Å². The van der Waals surface area contributed by atoms with E-state index < -0.39 is 5.60 Å². The van der Waals surface area contributed by atoms with Crippen molar-refractivity contribution in [1.82, 2.24) is 10.3 Å². The van der Waals surface area contributed by atoms with Crippen molar-refractivity contribution in [2.24, 2.45) is 0 Å². The minimum absolute atomic E-state index is 0.596. The summed E-state index contributed by atoms with van der Waals surface area (Å²) < 4.78 is 0. The lowest BCUT2D eigenvalue weighted by atomic mass is 10.0. The van der Waals surface area contributed by atoms with E-state index in [1.54, 1.807) is 0 Å². The van der Waals surface area contributed by atoms with E-state index in [0.717, 1.165) is 12.1 Å². The van der Waals surface area contributed by atoms with E-state index in [1.807, 2.05) is 39.1 Å². The Kier molecular flexibility index (Phi) is 4.24. The molecule has 0 aliphatic rings. The molecule has 0 spiro atoms. The molecular formula is C12H20N2O. The van der Waals surface area contributed by atoms with Gasteiger partial charge in [0.05, 0.1) is 11.3 Å². The second-order valence-corrected chi connectivity index (χ2v) is 4.28. The van der Waals surface area contributed by atoms with E-state index in [0.29, 0.717) is 13.1 Å². The number of aliphatic hydroxyl groups is 1. The van der Waals surface area contributed by atoms with Crippen LogP contribution in [0.5, 0.6) is 0 Å². The van der Waals surface area contributed by atoms with Gasteiger partial charge in [-0.3, -0.25) is 4.98 Å². The van der Waals surface area contributed by atoms with Crippen LogP contribution in [-0.2, 0) is 6.54 Å². The van der Waals surface area contributed by atoms with Crippen LogP contribution in [0.15, 0.2) is 18.3 Å². The summed E-state index contributed by atoms with van der Waals surface area (Å²) in [6, 6.07) is 4.05. The maximum atomic E-state index is 9.76. The number of aryl methyl sites for hydroxylation is 1. The van der Waals surface area contributed by atoms with E-state index in [4.69, 9.17) is 0 Å². The highest BCUT2D eigenvalue weighted by molar-refractivity contribution is 5.11. The number of nitrogens with zero attached hydrogens (tertiary/aromatic N) is 1. The molecule has 0 aromatic carbocycles. The Morgan fingerprint density at radius 1 is 1.47 bits per heavy atom. The standard InChI is InChI=1S/C12H20N2O/c1-4-12(3,15)9-13-8-11-6-5-10(2)7-14-11/h5-7,13,15H,4,8-9H2,1-3H3. The molecule has 1 rings (SSSR count). The predicted molar refractivity (Wildman–Crippen MR) is 61.6 cm³/mol. The summed E-state index contributed by atoms with van der Waals surface area (Å²) in [4.78, 5) is 4.28. The molecule has 1 atom stereocenters. The van der Waals surface area contributed by atoms with Gasteiger partial charge in [-0.25, -0.2) is 0 Å². The molecule has 84 valence electrons. The maximum absolute atomic E-state index is 9.76. The summed E-state index contributed by atoms with van der Waals surface area (Å²) in [6.07, 6.45) is 2.61. The molecule has 0 aliphatic carbocycles. The van der Waals surface area contributed by atoms with Gasteiger partial charge < -0.3 is 10.4 Å². The van der Waals surface area contributed by atoms with Crippen molar-refractivity contribution < 1.29 is 5.11 Å². The maximum Gasteiger partial charge on any atom is 0.0741 e. The molecule has 1 aromatic rings. The van der Waals surface area contributed by atoms with Gasteiger partial charge in [-0.2, -0.15) is 0 Å². The molecule has 1 heterocycles. The molecule has 3 nitrogen and oxygen atoms in total. The Morgan fingerprint density at radius 3 is 2.73 bits per heavy atom. The number of pyridine rings is 1. The summed E-state index contributed by atoms with van der Waals surface area (Å²) in [6.45, 7) is 7.13. The Bertz CT molecular complexity index is 293. The third-order valence-corrected chi connectivity index (χ3v) is 2.55. The first kappa shape index (κ1) is 12.1. The average Bonchev–Trinajstić information content (AvgIpc) is 2.21. The van der Waals surface area contributed by atoms with Gasteiger partial charge in [0.25, 0.3) is 0 Å². The zero-order valence-corrected chi connectivity index (χ0v) is 9.75. The first-order valence-electron chi connectivity index (χ1n) is 5.38. The molecule has 2 N–H and O–H groups in total. The predicted octanol–water partition coefficient (Wildman–Crippen LogP) is 1.64. The van der Waals surface area contributed by atoms with Gasteiger partial charge in [-0.05, 0) is 31.9 Å². The zero-order chi connectivity index (χ0) is 11.3. The zero-order valence-electron chi connectivity index (χ0n) is 9.75. The molecule has 0 aliphatic heterocycles. The lowest BCUT2D eigenvalue weighted by molar-refractivity contribution is 0.0555. The average molecular weight is 208 g/mol. The molecule has 3 heteroatoms. The summed E-state index contributed by atoms with van der Waals surface area (Å²) >= 11 is 0. The number of nitrogens with one attached hydrogen (secondary N) is 1. The van der Waals surface area contributed by atoms with E-state index in [1.165, 1.54) is 5.56 Å². The fourth-order valence-electron chi connectivity index (χ4n) is 1.19. The third-order valence-electron chi connectivity index (χ3n) is 2.55. The van der Waals surface area contributed by atoms with Gasteiger partial charge in [0.1, 0.15) is 0 Å². The highest BCUT2D eigenvalue weighted by atomic mass is 16.3. The minimum Gasteiger partial charge on any atom is -0.389 e. The summed E-state index contributed by atoms with van der Waals surface area (Å²) in [5.74, 6) is 0. The van der Waals surface area contributed by atoms with Crippen LogP contribution < -0.4 is 5.32 Å². The number of aromatic nitrogens is 1. The van der Waals surface area contributed by atoms with Crippen molar-refractivity contribution in [3.05, 3.63) is 29.6 Å². The van der Waals surface area contributed by atoms with Crippen LogP contribution in [0.4, 0.5) is 0 Å². The molecule has 15 heavy (non-hydrogen) atoms. The molecule has 0 saturated heterocycles. The van der Waals surface area contributed by atoms with Crippen LogP contribution >= 0.6 is 0 Å². The van der Waals surface area contributed by atoms with Gasteiger partial charge in [0.2, 0.25) is 0 Å². The fourth-order valence-corrected chi connectivity index (χ4v) is 1.19. The van der Waals surface area contributed by atoms with Gasteiger partial charge in [0.15, 0.2) is 0 Å². The second kappa shape index (κ2) is 5.24. The van der Waals surface area contributed by atoms with Gasteiger partial charge >= 0.3 is 0 Å². The lowest BCUT2D eigenvalue weighted by Crippen LogP contribution is -2.36. The Hall–Kier alpha value is -0.930. The molecule has 1 unspecified atom stereocenters. The smallest absolute Gasteiger partial charge is 0.0741 e. The van der Waals surface area contributed by atoms with Crippen LogP contribution in [0, 0.1) is 6.92 Å². The number of rotatable bonds is 5. The van der Waals surface area contributed by atoms with E-state index in [9.17, 15) is 5.11 Å². The van der Waals surface area contributed by atoms with E-state index in [-0.39, 0.29) is 0 Å². The Labute approximate surface area is 91.5 Å². The normalized spacial score (nSPS) is 14.9. The second-order valence-electron chi connectivity index (χ2n) is 4.28. The van der Waals surface area contributed by atoms with Crippen molar-refractivity contribution in [3.63, 3.8) is 0 Å². The van der Waals surface area contributed by atoms with Crippen molar-refractivity contribution in [1.29, 1.82) is 0 Å². The molecule has 0 fully saturated rings. The molecule has 1 aromatic heterocycles. The van der Waals surface area contributed by atoms with E-state index >= 15 is 0 Å². The fraction of sp³-hybridized carbons (Fsp3) is 0.583. The van der Waals surface area contributed by atoms with Crippen molar-refractivity contribution in [3.8, 4) is 0 Å². The van der Waals surface area contributed by atoms with Gasteiger partial charge in [0, 0.05) is 19.3 Å². The Balaban J connectivity index is 2.35. The van der Waals surface area contributed by atoms with Gasteiger partial charge in [-0.15, -0.1) is 0 Å². The summed E-state index contributed by atoms with van der Waals surface area (Å²) in [5.41, 5.74) is 1.55. The topological polar surface area (TPSA) is 45.1 Å². The first-order chi connectivity index (χ1) is 7.03. The van der Waals surface area contributed by atoms with Gasteiger partial charge in [-0.1, -0.05) is 13.0 Å². The summed E-state index contributed by atoms with van der Waals surface area (Å²) in [5, 5.41) is 13.0. The van der Waals surface area contributed by atoms with E-state index in [2.05, 4.69) is 10.3 Å². The first-order valence-corrected chi connectivity index (χ1v) is 5.38. The Morgan fingerprint density at radius 2 is 2.20 bits per heavy atom. The number of hydrogen-bond acceptors (Lipinski definition) is 3. The SMILES string of the molecule is CCC(C)(O)CNCc1ccc(C)cn1. The monoisotopic (exact) mass is 208 g/mol. The van der Waals surface area contributed by atoms with Crippen molar-refractivity contribution in [2.75, 3.05) is 6.54 Å². The highest BCUT2D eigenvalue weighted by Crippen LogP contribution is 2.06. The van der Waals surface area contributed by atoms with Crippen LogP contribution in [0.1, 0.15) is 31.5 Å². The lowest BCUT2D eigenvalue weighted by Gasteiger charge is -2.21. The molecule has 0 amide bonds. The summed E-state index contributed by atoms with van der Waals surface area (Å²) in [7, 11) is 0. The number of hydrogen-bond donors (Lipinski definition) is 2. The van der Waals surface area contributed by atoms with Crippen molar-refractivity contribution >= 4 is 0 Å². The largest absolute Gasteiger partial charge is 0.389 e. The van der Waals surface area contributed by atoms with Crippen LogP contribution in [0.3, 0.4) is 0 Å². The molecule has 0 radical (unpaired) electrons. The third kappa shape index (κ3) is 4.40.